The molecule has 0 aliphatic heterocycles. The summed E-state index contributed by atoms with van der Waals surface area (Å²) < 4.78 is 0. The normalized spacial score (nSPS) is 10.1. The molecule has 0 saturated heterocycles. The van der Waals surface area contributed by atoms with Crippen molar-refractivity contribution in [1.82, 2.24) is 10.2 Å². The maximum Gasteiger partial charge on any atom is 0.255 e. The van der Waals surface area contributed by atoms with Gasteiger partial charge in [-0.1, -0.05) is 23.2 Å². The Bertz CT molecular complexity index is 506. The Morgan fingerprint density at radius 3 is 2.53 bits per heavy atom. The fourth-order valence-electron chi connectivity index (χ4n) is 1.52. The lowest BCUT2D eigenvalue weighted by atomic mass is 10.1. The van der Waals surface area contributed by atoms with E-state index in [-0.39, 0.29) is 34.0 Å². The van der Waals surface area contributed by atoms with Crippen molar-refractivity contribution in [2.75, 3.05) is 25.9 Å². The molecular weight excluding hydrogens is 289 g/mol. The molecule has 0 saturated carbocycles. The number of benzene rings is 1. The number of anilines is 1. The van der Waals surface area contributed by atoms with Crippen LogP contribution < -0.4 is 11.1 Å². The Morgan fingerprint density at radius 2 is 2.00 bits per heavy atom. The van der Waals surface area contributed by atoms with Crippen molar-refractivity contribution in [1.29, 1.82) is 0 Å². The average molecular weight is 304 g/mol. The molecule has 0 fully saturated rings. The number of hydrogen-bond donors (Lipinski definition) is 2. The van der Waals surface area contributed by atoms with Crippen LogP contribution >= 0.6 is 23.2 Å². The zero-order valence-electron chi connectivity index (χ0n) is 10.7. The van der Waals surface area contributed by atoms with E-state index in [1.54, 1.807) is 6.92 Å². The minimum Gasteiger partial charge on any atom is -0.399 e. The van der Waals surface area contributed by atoms with Gasteiger partial charge < -0.3 is 16.0 Å². The quantitative estimate of drug-likeness (QED) is 0.833. The lowest BCUT2D eigenvalue weighted by Gasteiger charge is -2.21. The predicted molar refractivity (Wildman–Crippen MR) is 76.5 cm³/mol. The summed E-state index contributed by atoms with van der Waals surface area (Å²) in [5, 5.41) is 2.80. The summed E-state index contributed by atoms with van der Waals surface area (Å²) >= 11 is 11.9. The Kier molecular flexibility index (Phi) is 5.44. The Labute approximate surface area is 121 Å². The number of rotatable bonds is 4. The zero-order valence-corrected chi connectivity index (χ0v) is 12.2. The van der Waals surface area contributed by atoms with Gasteiger partial charge in [-0.05, 0) is 19.1 Å². The molecular formula is C12H15Cl2N3O2. The van der Waals surface area contributed by atoms with Crippen LogP contribution in [0.5, 0.6) is 0 Å². The highest BCUT2D eigenvalue weighted by Crippen LogP contribution is 2.29. The number of amides is 2. The van der Waals surface area contributed by atoms with Gasteiger partial charge in [0, 0.05) is 19.3 Å². The summed E-state index contributed by atoms with van der Waals surface area (Å²) in [7, 11) is 1.50. The summed E-state index contributed by atoms with van der Waals surface area (Å²) in [6.07, 6.45) is 0. The number of hydrogen-bond acceptors (Lipinski definition) is 3. The van der Waals surface area contributed by atoms with Gasteiger partial charge >= 0.3 is 0 Å². The molecule has 0 bridgehead atoms. The lowest BCUT2D eigenvalue weighted by molar-refractivity contribution is -0.121. The second kappa shape index (κ2) is 6.63. The van der Waals surface area contributed by atoms with Gasteiger partial charge in [0.25, 0.3) is 5.91 Å². The van der Waals surface area contributed by atoms with Gasteiger partial charge in [-0.3, -0.25) is 9.59 Å². The first-order chi connectivity index (χ1) is 8.90. The van der Waals surface area contributed by atoms with Gasteiger partial charge in [0.2, 0.25) is 5.91 Å². The maximum atomic E-state index is 12.3. The smallest absolute Gasteiger partial charge is 0.255 e. The van der Waals surface area contributed by atoms with E-state index in [0.717, 1.165) is 0 Å². The van der Waals surface area contributed by atoms with Gasteiger partial charge in [0.1, 0.15) is 0 Å². The van der Waals surface area contributed by atoms with Crippen molar-refractivity contribution < 1.29 is 9.59 Å². The van der Waals surface area contributed by atoms with Crippen molar-refractivity contribution in [3.8, 4) is 0 Å². The third-order valence-electron chi connectivity index (χ3n) is 2.56. The van der Waals surface area contributed by atoms with E-state index in [2.05, 4.69) is 5.32 Å². The second-order valence-corrected chi connectivity index (χ2v) is 4.64. The lowest BCUT2D eigenvalue weighted by Crippen LogP contribution is -2.39. The summed E-state index contributed by atoms with van der Waals surface area (Å²) in [5.41, 5.74) is 6.18. The maximum absolute atomic E-state index is 12.3. The van der Waals surface area contributed by atoms with Crippen LogP contribution in [-0.2, 0) is 4.79 Å². The molecule has 0 atom stereocenters. The van der Waals surface area contributed by atoms with Gasteiger partial charge in [0.15, 0.2) is 0 Å². The molecule has 5 nitrogen and oxygen atoms in total. The molecule has 0 radical (unpaired) electrons. The van der Waals surface area contributed by atoms with Crippen molar-refractivity contribution >= 4 is 40.7 Å². The highest BCUT2D eigenvalue weighted by atomic mass is 35.5. The largest absolute Gasteiger partial charge is 0.399 e. The molecule has 2 amide bonds. The van der Waals surface area contributed by atoms with Crippen LogP contribution in [0.1, 0.15) is 17.3 Å². The van der Waals surface area contributed by atoms with E-state index >= 15 is 0 Å². The molecule has 1 rings (SSSR count). The fourth-order valence-corrected chi connectivity index (χ4v) is 1.93. The highest BCUT2D eigenvalue weighted by Gasteiger charge is 2.21. The average Bonchev–Trinajstić information content (AvgIpc) is 2.38. The third kappa shape index (κ3) is 3.75. The molecule has 0 unspecified atom stereocenters. The number of likely N-dealkylation sites (N-methyl/N-ethyl adjacent to an activating group) is 2. The van der Waals surface area contributed by atoms with Gasteiger partial charge in [0.05, 0.1) is 22.2 Å². The Hall–Kier alpha value is -1.46. The molecule has 0 aliphatic rings. The molecule has 0 spiro atoms. The topological polar surface area (TPSA) is 75.4 Å². The minimum atomic E-state index is -0.384. The standard InChI is InChI=1S/C12H15Cl2N3O2/c1-3-17(6-10(18)16-2)12(19)8-4-7(15)5-9(13)11(8)14/h4-5H,3,6,15H2,1-2H3,(H,16,18). The number of nitrogens with one attached hydrogen (secondary N) is 1. The van der Waals surface area contributed by atoms with Crippen LogP contribution in [0.4, 0.5) is 5.69 Å². The number of nitrogens with two attached hydrogens (primary N) is 1. The van der Waals surface area contributed by atoms with Crippen LogP contribution in [0.2, 0.25) is 10.0 Å². The minimum absolute atomic E-state index is 0.0470. The van der Waals surface area contributed by atoms with E-state index in [9.17, 15) is 9.59 Å². The SMILES string of the molecule is CCN(CC(=O)NC)C(=O)c1cc(N)cc(Cl)c1Cl. The van der Waals surface area contributed by atoms with E-state index in [1.807, 2.05) is 0 Å². The summed E-state index contributed by atoms with van der Waals surface area (Å²) in [5.74, 6) is -0.647. The van der Waals surface area contributed by atoms with E-state index < -0.39 is 0 Å². The molecule has 1 aromatic carbocycles. The van der Waals surface area contributed by atoms with Crippen LogP contribution in [0.3, 0.4) is 0 Å². The van der Waals surface area contributed by atoms with E-state index in [0.29, 0.717) is 12.2 Å². The number of nitrogens with zero attached hydrogens (tertiary/aromatic N) is 1. The van der Waals surface area contributed by atoms with Gasteiger partial charge in [-0.2, -0.15) is 0 Å². The molecule has 0 aliphatic carbocycles. The van der Waals surface area contributed by atoms with Crippen LogP contribution in [0.25, 0.3) is 0 Å². The second-order valence-electron chi connectivity index (χ2n) is 3.86. The highest BCUT2D eigenvalue weighted by molar-refractivity contribution is 6.44. The Balaban J connectivity index is 3.07. The first-order valence-electron chi connectivity index (χ1n) is 5.65. The number of carbonyl (C=O) groups excluding carboxylic acids is 2. The molecule has 7 heteroatoms. The number of nitrogen functional groups attached to an aromatic ring is 1. The van der Waals surface area contributed by atoms with Crippen LogP contribution in [-0.4, -0.2) is 36.9 Å². The first kappa shape index (κ1) is 15.6. The van der Waals surface area contributed by atoms with Gasteiger partial charge in [-0.15, -0.1) is 0 Å². The van der Waals surface area contributed by atoms with Crippen molar-refractivity contribution in [3.63, 3.8) is 0 Å². The fraction of sp³-hybridized carbons (Fsp3) is 0.333. The monoisotopic (exact) mass is 303 g/mol. The number of halogens is 2. The summed E-state index contributed by atoms with van der Waals surface area (Å²) in [4.78, 5) is 25.0. The molecule has 104 valence electrons. The van der Waals surface area contributed by atoms with Crippen molar-refractivity contribution in [3.05, 3.63) is 27.7 Å². The summed E-state index contributed by atoms with van der Waals surface area (Å²) in [6.45, 7) is 2.09. The molecule has 0 heterocycles. The summed E-state index contributed by atoms with van der Waals surface area (Å²) in [6, 6.07) is 2.92. The molecule has 3 N–H and O–H groups in total. The molecule has 19 heavy (non-hydrogen) atoms. The molecule has 1 aromatic rings. The van der Waals surface area contributed by atoms with E-state index in [4.69, 9.17) is 28.9 Å². The zero-order chi connectivity index (χ0) is 14.6. The first-order valence-corrected chi connectivity index (χ1v) is 6.40. The third-order valence-corrected chi connectivity index (χ3v) is 3.37. The molecule has 0 aromatic heterocycles. The van der Waals surface area contributed by atoms with Crippen molar-refractivity contribution in [2.45, 2.75) is 6.92 Å². The van der Waals surface area contributed by atoms with Gasteiger partial charge in [-0.25, -0.2) is 0 Å². The van der Waals surface area contributed by atoms with Crippen LogP contribution in [0.15, 0.2) is 12.1 Å². The number of carbonyl (C=O) groups is 2. The Morgan fingerprint density at radius 1 is 1.37 bits per heavy atom. The van der Waals surface area contributed by atoms with Crippen LogP contribution in [0, 0.1) is 0 Å². The van der Waals surface area contributed by atoms with E-state index in [1.165, 1.54) is 24.1 Å². The predicted octanol–water partition coefficient (Wildman–Crippen LogP) is 1.78. The van der Waals surface area contributed by atoms with Crippen molar-refractivity contribution in [2.24, 2.45) is 0 Å².